The maximum Gasteiger partial charge on any atom is 0.120 e. The molecule has 0 aliphatic carbocycles. The molecule has 6 rings (SSSR count). The summed E-state index contributed by atoms with van der Waals surface area (Å²) in [4.78, 5) is 8.45. The summed E-state index contributed by atoms with van der Waals surface area (Å²) in [6, 6.07) is 29.0. The second kappa shape index (κ2) is 11.6. The van der Waals surface area contributed by atoms with Crippen LogP contribution in [0.25, 0.3) is 44.5 Å². The Labute approximate surface area is 246 Å². The molecule has 37 heavy (non-hydrogen) atoms. The second-order valence-electron chi connectivity index (χ2n) is 8.16. The van der Waals surface area contributed by atoms with Gasteiger partial charge in [0.05, 0.1) is 5.58 Å². The average molecular weight is 671 g/mol. The van der Waals surface area contributed by atoms with Gasteiger partial charge in [-0.3, -0.25) is 0 Å². The largest absolute Gasteiger partial charge is 0.501 e. The quantitative estimate of drug-likeness (QED) is 0.177. The molecule has 4 heteroatoms. The van der Waals surface area contributed by atoms with Crippen LogP contribution < -0.4 is 0 Å². The number of hydrogen-bond acceptors (Lipinski definition) is 3. The molecule has 6 aromatic rings. The van der Waals surface area contributed by atoms with E-state index in [1.165, 1.54) is 24.5 Å². The smallest absolute Gasteiger partial charge is 0.120 e. The summed E-state index contributed by atoms with van der Waals surface area (Å²) < 4.78 is 82.7. The van der Waals surface area contributed by atoms with Gasteiger partial charge in [-0.05, 0) is 48.8 Å². The molecule has 0 amide bonds. The van der Waals surface area contributed by atoms with E-state index in [4.69, 9.17) is 18.1 Å². The number of aryl methyl sites for hydroxylation is 2. The Kier molecular flexibility index (Phi) is 5.13. The van der Waals surface area contributed by atoms with Gasteiger partial charge in [0.15, 0.2) is 0 Å². The van der Waals surface area contributed by atoms with Crippen molar-refractivity contribution in [3.63, 3.8) is 0 Å². The number of hydrogen-bond donors (Lipinski definition) is 0. The number of rotatable bonds is 3. The van der Waals surface area contributed by atoms with E-state index in [1.54, 1.807) is 19.1 Å². The van der Waals surface area contributed by atoms with Gasteiger partial charge in [0.25, 0.3) is 0 Å². The maximum absolute atomic E-state index is 8.39. The predicted molar refractivity (Wildman–Crippen MR) is 148 cm³/mol. The standard InChI is InChI=1S/C20H16NO.C13H12N.Ir/c1-13(2)14-10-11-21-18(12-14)17-8-5-7-16-15-6-3-4-9-19(15)22-20(16)17;1-10-8-13(14-9-11(10)2)12-6-4-3-5-7-12;/h3-7,9-13H,1-2H3;3-6,8-9H,1-2H3;/q2*-1;/i1D3,2D3,13D;2D3;. The van der Waals surface area contributed by atoms with Crippen LogP contribution in [-0.2, 0) is 20.1 Å². The monoisotopic (exact) mass is 671 g/mol. The Morgan fingerprint density at radius 3 is 2.51 bits per heavy atom. The summed E-state index contributed by atoms with van der Waals surface area (Å²) in [6.45, 7) is -6.44. The van der Waals surface area contributed by atoms with Crippen molar-refractivity contribution in [3.05, 3.63) is 120 Å². The van der Waals surface area contributed by atoms with Crippen molar-refractivity contribution >= 4 is 21.9 Å². The second-order valence-corrected chi connectivity index (χ2v) is 8.16. The number of furan rings is 1. The fourth-order valence-corrected chi connectivity index (χ4v) is 3.86. The zero-order valence-electron chi connectivity index (χ0n) is 29.8. The fourth-order valence-electron chi connectivity index (χ4n) is 3.86. The van der Waals surface area contributed by atoms with Gasteiger partial charge in [0, 0.05) is 51.6 Å². The van der Waals surface area contributed by atoms with Crippen LogP contribution >= 0.6 is 0 Å². The van der Waals surface area contributed by atoms with Crippen molar-refractivity contribution < 1.29 is 38.2 Å². The Hall–Kier alpha value is -3.59. The SMILES string of the molecule is [2H]C([2H])([2H])C([2H])(c1ccnc(-c2[c-]ccc3c2oc2ccccc23)c1)C([2H])([2H])[2H].[2H]C([2H])([2H])c1cnc(-c2[c-]cccc2)cc1C.[Ir]. The third-order valence-electron chi connectivity index (χ3n) is 5.74. The van der Waals surface area contributed by atoms with Gasteiger partial charge in [0.1, 0.15) is 5.58 Å². The van der Waals surface area contributed by atoms with Crippen LogP contribution in [0.3, 0.4) is 0 Å². The molecule has 3 heterocycles. The molecule has 3 aromatic heterocycles. The molecular formula is C33H28IrN2O-2. The van der Waals surface area contributed by atoms with E-state index >= 15 is 0 Å². The minimum atomic E-state index is -3.06. The Bertz CT molecular complexity index is 1990. The van der Waals surface area contributed by atoms with E-state index in [1.807, 2.05) is 54.6 Å². The van der Waals surface area contributed by atoms with Crippen molar-refractivity contribution in [3.8, 4) is 22.5 Å². The average Bonchev–Trinajstić information content (AvgIpc) is 3.39. The zero-order valence-corrected chi connectivity index (χ0v) is 22.2. The van der Waals surface area contributed by atoms with Crippen molar-refractivity contribution in [1.82, 2.24) is 9.97 Å². The molecule has 0 unspecified atom stereocenters. The molecule has 0 atom stereocenters. The first-order valence-corrected chi connectivity index (χ1v) is 11.3. The molecule has 0 aliphatic heterocycles. The Balaban J connectivity index is 0.000000238. The van der Waals surface area contributed by atoms with Gasteiger partial charge in [-0.15, -0.1) is 54.1 Å². The van der Waals surface area contributed by atoms with Gasteiger partial charge in [-0.2, -0.15) is 0 Å². The van der Waals surface area contributed by atoms with Gasteiger partial charge in [-0.25, -0.2) is 0 Å². The van der Waals surface area contributed by atoms with Crippen LogP contribution in [0, 0.1) is 25.9 Å². The number of para-hydroxylation sites is 1. The van der Waals surface area contributed by atoms with Gasteiger partial charge < -0.3 is 14.4 Å². The third kappa shape index (κ3) is 5.72. The van der Waals surface area contributed by atoms with E-state index in [9.17, 15) is 0 Å². The van der Waals surface area contributed by atoms with Gasteiger partial charge in [-0.1, -0.05) is 66.1 Å². The predicted octanol–water partition coefficient (Wildman–Crippen LogP) is 8.73. The summed E-state index contributed by atoms with van der Waals surface area (Å²) in [7, 11) is 0. The summed E-state index contributed by atoms with van der Waals surface area (Å²) >= 11 is 0. The summed E-state index contributed by atoms with van der Waals surface area (Å²) in [6.07, 6.45) is 2.74. The topological polar surface area (TPSA) is 38.9 Å². The van der Waals surface area contributed by atoms with Crippen LogP contribution in [0.2, 0.25) is 0 Å². The molecule has 0 bridgehead atoms. The number of pyridine rings is 2. The van der Waals surface area contributed by atoms with Crippen LogP contribution in [0.4, 0.5) is 0 Å². The molecule has 187 valence electrons. The number of benzene rings is 3. The molecule has 0 saturated carbocycles. The van der Waals surface area contributed by atoms with Crippen LogP contribution in [0.15, 0.2) is 95.7 Å². The summed E-state index contributed by atoms with van der Waals surface area (Å²) in [5.41, 5.74) is 4.43. The van der Waals surface area contributed by atoms with Crippen molar-refractivity contribution in [2.45, 2.75) is 33.4 Å². The molecular weight excluding hydrogens is 633 g/mol. The molecule has 3 aromatic carbocycles. The van der Waals surface area contributed by atoms with E-state index in [2.05, 4.69) is 22.1 Å². The van der Waals surface area contributed by atoms with Crippen molar-refractivity contribution in [2.75, 3.05) is 0 Å². The van der Waals surface area contributed by atoms with Crippen LogP contribution in [-0.4, -0.2) is 9.97 Å². The molecule has 3 nitrogen and oxygen atoms in total. The zero-order chi connectivity index (χ0) is 33.5. The maximum atomic E-state index is 8.39. The molecule has 0 fully saturated rings. The van der Waals surface area contributed by atoms with E-state index in [-0.39, 0.29) is 31.4 Å². The minimum Gasteiger partial charge on any atom is -0.501 e. The number of nitrogens with zero attached hydrogens (tertiary/aromatic N) is 2. The third-order valence-corrected chi connectivity index (χ3v) is 5.74. The molecule has 0 spiro atoms. The summed E-state index contributed by atoms with van der Waals surface area (Å²) in [5, 5.41) is 1.75. The van der Waals surface area contributed by atoms with Gasteiger partial charge >= 0.3 is 0 Å². The first kappa shape index (κ1) is 16.3. The van der Waals surface area contributed by atoms with E-state index in [0.717, 1.165) is 27.6 Å². The first-order chi connectivity index (χ1) is 21.5. The van der Waals surface area contributed by atoms with Gasteiger partial charge in [0.2, 0.25) is 0 Å². The van der Waals surface area contributed by atoms with Crippen molar-refractivity contribution in [2.24, 2.45) is 0 Å². The van der Waals surface area contributed by atoms with Crippen LogP contribution in [0.1, 0.15) is 50.0 Å². The molecule has 0 aliphatic rings. The normalized spacial score (nSPS) is 16.0. The molecule has 0 N–H and O–H groups in total. The fraction of sp³-hybridized carbons (Fsp3) is 0.152. The van der Waals surface area contributed by atoms with Crippen LogP contribution in [0.5, 0.6) is 0 Å². The van der Waals surface area contributed by atoms with Crippen molar-refractivity contribution in [1.29, 1.82) is 0 Å². The Morgan fingerprint density at radius 1 is 0.865 bits per heavy atom. The first-order valence-electron chi connectivity index (χ1n) is 16.3. The minimum absolute atomic E-state index is 0. The Morgan fingerprint density at radius 2 is 1.73 bits per heavy atom. The summed E-state index contributed by atoms with van der Waals surface area (Å²) in [5.74, 6) is -2.79. The molecule has 0 saturated heterocycles. The number of aromatic nitrogens is 2. The number of fused-ring (bicyclic) bond motifs is 3. The molecule has 1 radical (unpaired) electrons. The van der Waals surface area contributed by atoms with E-state index < -0.39 is 26.4 Å². The van der Waals surface area contributed by atoms with E-state index in [0.29, 0.717) is 22.3 Å².